The van der Waals surface area contributed by atoms with Gasteiger partial charge < -0.3 is 4.90 Å². The van der Waals surface area contributed by atoms with Gasteiger partial charge in [-0.1, -0.05) is 52.0 Å². The van der Waals surface area contributed by atoms with Crippen LogP contribution in [0.2, 0.25) is 0 Å². The summed E-state index contributed by atoms with van der Waals surface area (Å²) < 4.78 is 0. The van der Waals surface area contributed by atoms with E-state index < -0.39 is 0 Å². The smallest absolute Gasteiger partial charge is 0.0230 e. The molecule has 0 spiro atoms. The van der Waals surface area contributed by atoms with Crippen molar-refractivity contribution in [3.63, 3.8) is 0 Å². The molecule has 0 unspecified atom stereocenters. The number of rotatable bonds is 5. The van der Waals surface area contributed by atoms with E-state index in [9.17, 15) is 0 Å². The minimum atomic E-state index is 1.07. The first kappa shape index (κ1) is 15.2. The molecule has 0 heterocycles. The summed E-state index contributed by atoms with van der Waals surface area (Å²) in [5.41, 5.74) is 2.84. The van der Waals surface area contributed by atoms with Crippen molar-refractivity contribution in [2.75, 3.05) is 13.6 Å². The van der Waals surface area contributed by atoms with Crippen molar-refractivity contribution >= 4 is 0 Å². The predicted molar refractivity (Wildman–Crippen MR) is 73.8 cm³/mol. The predicted octanol–water partition coefficient (Wildman–Crippen LogP) is 4.12. The molecule has 0 radical (unpaired) electrons. The summed E-state index contributed by atoms with van der Waals surface area (Å²) in [7, 11) is 2.18. The third kappa shape index (κ3) is 5.92. The van der Waals surface area contributed by atoms with Gasteiger partial charge >= 0.3 is 0 Å². The highest BCUT2D eigenvalue weighted by Gasteiger charge is 1.98. The molecular formula is C15H27N. The summed E-state index contributed by atoms with van der Waals surface area (Å²) in [6, 6.07) is 8.94. The fourth-order valence-corrected chi connectivity index (χ4v) is 1.65. The standard InChI is InChI=1S/C13H21N.C2H6/c1-4-10-14(3)11-13-8-6-12(5-2)7-9-13;1-2/h6-9H,4-5,10-11H2,1-3H3;1-2H3. The van der Waals surface area contributed by atoms with Crippen LogP contribution in [0, 0.1) is 0 Å². The maximum absolute atomic E-state index is 2.36. The van der Waals surface area contributed by atoms with Crippen LogP contribution in [-0.2, 0) is 13.0 Å². The van der Waals surface area contributed by atoms with E-state index >= 15 is 0 Å². The number of nitrogens with zero attached hydrogens (tertiary/aromatic N) is 1. The molecular weight excluding hydrogens is 194 g/mol. The Morgan fingerprint density at radius 1 is 0.938 bits per heavy atom. The average molecular weight is 221 g/mol. The molecule has 0 amide bonds. The number of benzene rings is 1. The van der Waals surface area contributed by atoms with Gasteiger partial charge in [-0.05, 0) is 37.6 Å². The number of aryl methyl sites for hydroxylation is 1. The van der Waals surface area contributed by atoms with E-state index in [4.69, 9.17) is 0 Å². The fraction of sp³-hybridized carbons (Fsp3) is 0.600. The summed E-state index contributed by atoms with van der Waals surface area (Å²) in [6.45, 7) is 10.7. The molecule has 0 aliphatic heterocycles. The Hall–Kier alpha value is -0.820. The lowest BCUT2D eigenvalue weighted by Crippen LogP contribution is -2.18. The lowest BCUT2D eigenvalue weighted by molar-refractivity contribution is 0.327. The SMILES string of the molecule is CC.CCCN(C)Cc1ccc(CC)cc1. The van der Waals surface area contributed by atoms with Gasteiger partial charge in [-0.15, -0.1) is 0 Å². The van der Waals surface area contributed by atoms with Crippen molar-refractivity contribution in [3.05, 3.63) is 35.4 Å². The molecule has 0 aliphatic rings. The molecule has 1 aromatic carbocycles. The second kappa shape index (κ2) is 9.41. The van der Waals surface area contributed by atoms with E-state index in [0.29, 0.717) is 0 Å². The van der Waals surface area contributed by atoms with Crippen molar-refractivity contribution in [1.29, 1.82) is 0 Å². The van der Waals surface area contributed by atoms with Crippen molar-refractivity contribution in [2.24, 2.45) is 0 Å². The first-order valence-electron chi connectivity index (χ1n) is 6.52. The second-order valence-corrected chi connectivity index (χ2v) is 3.91. The topological polar surface area (TPSA) is 3.24 Å². The highest BCUT2D eigenvalue weighted by atomic mass is 15.1. The minimum Gasteiger partial charge on any atom is -0.302 e. The van der Waals surface area contributed by atoms with Gasteiger partial charge in [0.25, 0.3) is 0 Å². The largest absolute Gasteiger partial charge is 0.302 e. The summed E-state index contributed by atoms with van der Waals surface area (Å²) in [6.07, 6.45) is 2.36. The quantitative estimate of drug-likeness (QED) is 0.723. The molecule has 16 heavy (non-hydrogen) atoms. The second-order valence-electron chi connectivity index (χ2n) is 3.91. The summed E-state index contributed by atoms with van der Waals surface area (Å²) >= 11 is 0. The van der Waals surface area contributed by atoms with Crippen LogP contribution in [-0.4, -0.2) is 18.5 Å². The van der Waals surface area contributed by atoms with Gasteiger partial charge in [-0.3, -0.25) is 0 Å². The zero-order valence-corrected chi connectivity index (χ0v) is 11.6. The van der Waals surface area contributed by atoms with Gasteiger partial charge in [-0.2, -0.15) is 0 Å². The van der Waals surface area contributed by atoms with Gasteiger partial charge in [0.05, 0.1) is 0 Å². The average Bonchev–Trinajstić information content (AvgIpc) is 2.33. The maximum atomic E-state index is 2.36. The monoisotopic (exact) mass is 221 g/mol. The van der Waals surface area contributed by atoms with Crippen LogP contribution >= 0.6 is 0 Å². The molecule has 0 atom stereocenters. The zero-order chi connectivity index (χ0) is 12.4. The summed E-state index contributed by atoms with van der Waals surface area (Å²) in [5, 5.41) is 0. The first-order valence-corrected chi connectivity index (χ1v) is 6.52. The molecule has 1 heteroatoms. The van der Waals surface area contributed by atoms with Gasteiger partial charge in [0.2, 0.25) is 0 Å². The Labute approximate surface area is 101 Å². The van der Waals surface area contributed by atoms with E-state index in [1.54, 1.807) is 0 Å². The van der Waals surface area contributed by atoms with Crippen LogP contribution in [0.4, 0.5) is 0 Å². The molecule has 0 saturated carbocycles. The summed E-state index contributed by atoms with van der Waals surface area (Å²) in [4.78, 5) is 2.36. The number of hydrogen-bond donors (Lipinski definition) is 0. The van der Waals surface area contributed by atoms with Crippen LogP contribution in [0.15, 0.2) is 24.3 Å². The minimum absolute atomic E-state index is 1.07. The van der Waals surface area contributed by atoms with Crippen molar-refractivity contribution in [3.8, 4) is 0 Å². The normalized spacial score (nSPS) is 9.88. The lowest BCUT2D eigenvalue weighted by Gasteiger charge is -2.15. The third-order valence-electron chi connectivity index (χ3n) is 2.49. The highest BCUT2D eigenvalue weighted by Crippen LogP contribution is 2.07. The first-order chi connectivity index (χ1) is 7.76. The summed E-state index contributed by atoms with van der Waals surface area (Å²) in [5.74, 6) is 0. The highest BCUT2D eigenvalue weighted by molar-refractivity contribution is 5.22. The molecule has 1 rings (SSSR count). The Bertz CT molecular complexity index is 251. The Morgan fingerprint density at radius 2 is 1.44 bits per heavy atom. The molecule has 0 bridgehead atoms. The van der Waals surface area contributed by atoms with Crippen LogP contribution in [0.5, 0.6) is 0 Å². The van der Waals surface area contributed by atoms with E-state index in [1.807, 2.05) is 13.8 Å². The molecule has 0 saturated heterocycles. The van der Waals surface area contributed by atoms with Crippen molar-refractivity contribution in [2.45, 2.75) is 47.1 Å². The van der Waals surface area contributed by atoms with Gasteiger partial charge in [0.1, 0.15) is 0 Å². The van der Waals surface area contributed by atoms with Crippen LogP contribution in [0.1, 0.15) is 45.2 Å². The van der Waals surface area contributed by atoms with Gasteiger partial charge in [0, 0.05) is 6.54 Å². The Balaban J connectivity index is 0.00000106. The fourth-order valence-electron chi connectivity index (χ4n) is 1.65. The van der Waals surface area contributed by atoms with Crippen molar-refractivity contribution < 1.29 is 0 Å². The third-order valence-corrected chi connectivity index (χ3v) is 2.49. The molecule has 0 fully saturated rings. The molecule has 92 valence electrons. The van der Waals surface area contributed by atoms with Crippen LogP contribution in [0.25, 0.3) is 0 Å². The molecule has 1 nitrogen and oxygen atoms in total. The lowest BCUT2D eigenvalue weighted by atomic mass is 10.1. The molecule has 0 aromatic heterocycles. The molecule has 0 aliphatic carbocycles. The molecule has 1 aromatic rings. The van der Waals surface area contributed by atoms with Crippen LogP contribution < -0.4 is 0 Å². The number of hydrogen-bond acceptors (Lipinski definition) is 1. The van der Waals surface area contributed by atoms with Crippen molar-refractivity contribution in [1.82, 2.24) is 4.90 Å². The Kier molecular flexibility index (Phi) is 8.93. The zero-order valence-electron chi connectivity index (χ0n) is 11.6. The van der Waals surface area contributed by atoms with Crippen LogP contribution in [0.3, 0.4) is 0 Å². The van der Waals surface area contributed by atoms with E-state index in [0.717, 1.165) is 13.0 Å². The van der Waals surface area contributed by atoms with Gasteiger partial charge in [0.15, 0.2) is 0 Å². The maximum Gasteiger partial charge on any atom is 0.0230 e. The Morgan fingerprint density at radius 3 is 1.88 bits per heavy atom. The van der Waals surface area contributed by atoms with E-state index in [2.05, 4.69) is 50.1 Å². The van der Waals surface area contributed by atoms with E-state index in [1.165, 1.54) is 24.1 Å². The van der Waals surface area contributed by atoms with Gasteiger partial charge in [-0.25, -0.2) is 0 Å². The molecule has 0 N–H and O–H groups in total. The van der Waals surface area contributed by atoms with E-state index in [-0.39, 0.29) is 0 Å².